The zero-order valence-corrected chi connectivity index (χ0v) is 13.1. The van der Waals surface area contributed by atoms with Crippen molar-refractivity contribution in [2.75, 3.05) is 7.11 Å². The number of hydrogen-bond acceptors (Lipinski definition) is 3. The molecule has 0 aliphatic heterocycles. The molecule has 0 bridgehead atoms. The first-order valence-electron chi connectivity index (χ1n) is 7.37. The summed E-state index contributed by atoms with van der Waals surface area (Å²) in [4.78, 5) is 26.7. The Morgan fingerprint density at radius 2 is 1.83 bits per heavy atom. The summed E-state index contributed by atoms with van der Waals surface area (Å²) in [6, 6.07) is 15.8. The lowest BCUT2D eigenvalue weighted by molar-refractivity contribution is 0.0599. The smallest absolute Gasteiger partial charge is 0.339 e. The molecule has 0 saturated heterocycles. The van der Waals surface area contributed by atoms with Crippen molar-refractivity contribution in [2.45, 2.75) is 13.3 Å². The molecule has 1 aromatic heterocycles. The molecule has 0 aliphatic rings. The summed E-state index contributed by atoms with van der Waals surface area (Å²) >= 11 is 0. The average Bonchev–Trinajstić information content (AvgIpc) is 2.56. The number of benzene rings is 2. The second-order valence-corrected chi connectivity index (χ2v) is 5.51. The van der Waals surface area contributed by atoms with Crippen molar-refractivity contribution in [1.29, 1.82) is 0 Å². The highest BCUT2D eigenvalue weighted by atomic mass is 16.5. The van der Waals surface area contributed by atoms with E-state index in [9.17, 15) is 9.59 Å². The number of aromatic nitrogens is 1. The lowest BCUT2D eigenvalue weighted by atomic mass is 10.0. The minimum Gasteiger partial charge on any atom is -0.465 e. The van der Waals surface area contributed by atoms with Gasteiger partial charge < -0.3 is 9.72 Å². The Bertz CT molecular complexity index is 941. The van der Waals surface area contributed by atoms with E-state index in [1.165, 1.54) is 7.11 Å². The molecule has 0 atom stereocenters. The highest BCUT2D eigenvalue weighted by molar-refractivity contribution is 5.90. The second kappa shape index (κ2) is 6.08. The van der Waals surface area contributed by atoms with Gasteiger partial charge >= 0.3 is 5.97 Å². The molecule has 0 radical (unpaired) electrons. The van der Waals surface area contributed by atoms with Gasteiger partial charge in [-0.2, -0.15) is 0 Å². The third kappa shape index (κ3) is 3.01. The van der Waals surface area contributed by atoms with E-state index in [4.69, 9.17) is 4.74 Å². The van der Waals surface area contributed by atoms with Crippen molar-refractivity contribution < 1.29 is 9.53 Å². The molecular formula is C19H17NO3. The predicted molar refractivity (Wildman–Crippen MR) is 89.9 cm³/mol. The summed E-state index contributed by atoms with van der Waals surface area (Å²) in [7, 11) is 1.33. The van der Waals surface area contributed by atoms with Crippen LogP contribution in [0.3, 0.4) is 0 Å². The number of esters is 1. The van der Waals surface area contributed by atoms with Crippen molar-refractivity contribution in [3.8, 4) is 0 Å². The molecule has 4 heteroatoms. The number of aryl methyl sites for hydroxylation is 1. The van der Waals surface area contributed by atoms with E-state index in [1.807, 2.05) is 36.4 Å². The minimum absolute atomic E-state index is 0.177. The highest BCUT2D eigenvalue weighted by Gasteiger charge is 2.13. The molecule has 3 rings (SSSR count). The van der Waals surface area contributed by atoms with Crippen molar-refractivity contribution in [1.82, 2.24) is 4.98 Å². The van der Waals surface area contributed by atoms with Crippen LogP contribution in [0.5, 0.6) is 0 Å². The van der Waals surface area contributed by atoms with Crippen LogP contribution in [0.4, 0.5) is 0 Å². The fourth-order valence-electron chi connectivity index (χ4n) is 2.69. The van der Waals surface area contributed by atoms with Gasteiger partial charge in [-0.25, -0.2) is 4.79 Å². The maximum atomic E-state index is 12.2. The van der Waals surface area contributed by atoms with Crippen LogP contribution in [0.15, 0.2) is 53.3 Å². The van der Waals surface area contributed by atoms with E-state index in [0.29, 0.717) is 23.2 Å². The van der Waals surface area contributed by atoms with Crippen LogP contribution in [0.25, 0.3) is 10.8 Å². The van der Waals surface area contributed by atoms with Gasteiger partial charge in [0.25, 0.3) is 5.56 Å². The van der Waals surface area contributed by atoms with E-state index >= 15 is 0 Å². The highest BCUT2D eigenvalue weighted by Crippen LogP contribution is 2.18. The third-order valence-electron chi connectivity index (χ3n) is 3.93. The molecule has 0 aliphatic carbocycles. The van der Waals surface area contributed by atoms with Gasteiger partial charge in [0.05, 0.1) is 12.7 Å². The van der Waals surface area contributed by atoms with Crippen molar-refractivity contribution >= 4 is 16.7 Å². The number of carbonyl (C=O) groups is 1. The molecule has 1 heterocycles. The fraction of sp³-hybridized carbons (Fsp3) is 0.158. The molecule has 0 amide bonds. The number of methoxy groups -OCH3 is 1. The fourth-order valence-corrected chi connectivity index (χ4v) is 2.69. The molecule has 23 heavy (non-hydrogen) atoms. The van der Waals surface area contributed by atoms with Crippen molar-refractivity contribution in [2.24, 2.45) is 0 Å². The van der Waals surface area contributed by atoms with Gasteiger partial charge in [-0.3, -0.25) is 4.79 Å². The lowest BCUT2D eigenvalue weighted by Gasteiger charge is -2.08. The van der Waals surface area contributed by atoms with Crippen LogP contribution in [0.1, 0.15) is 27.2 Å². The molecule has 116 valence electrons. The Morgan fingerprint density at radius 1 is 1.09 bits per heavy atom. The first-order chi connectivity index (χ1) is 11.1. The number of hydrogen-bond donors (Lipinski definition) is 1. The molecule has 0 saturated carbocycles. The first-order valence-corrected chi connectivity index (χ1v) is 7.37. The standard InChI is InChI=1S/C19H17NO3/c1-12-17(19(22)23-2)11-16(18(21)20-12)10-13-7-8-14-5-3-4-6-15(14)9-13/h3-9,11H,10H2,1-2H3,(H,20,21). The average molecular weight is 307 g/mol. The van der Waals surface area contributed by atoms with Crippen LogP contribution in [0.2, 0.25) is 0 Å². The Kier molecular flexibility index (Phi) is 3.98. The maximum Gasteiger partial charge on any atom is 0.339 e. The number of aromatic amines is 1. The molecular weight excluding hydrogens is 290 g/mol. The van der Waals surface area contributed by atoms with E-state index in [0.717, 1.165) is 16.3 Å². The number of H-pyrrole nitrogens is 1. The van der Waals surface area contributed by atoms with Crippen LogP contribution >= 0.6 is 0 Å². The minimum atomic E-state index is -0.446. The van der Waals surface area contributed by atoms with E-state index in [1.54, 1.807) is 13.0 Å². The third-order valence-corrected chi connectivity index (χ3v) is 3.93. The quantitative estimate of drug-likeness (QED) is 0.756. The monoisotopic (exact) mass is 307 g/mol. The summed E-state index contributed by atoms with van der Waals surface area (Å²) in [5, 5.41) is 2.28. The second-order valence-electron chi connectivity index (χ2n) is 5.51. The van der Waals surface area contributed by atoms with Crippen LogP contribution in [-0.2, 0) is 11.2 Å². The van der Waals surface area contributed by atoms with Gasteiger partial charge in [-0.15, -0.1) is 0 Å². The summed E-state index contributed by atoms with van der Waals surface area (Å²) in [6.45, 7) is 1.69. The summed E-state index contributed by atoms with van der Waals surface area (Å²) in [5.74, 6) is -0.446. The molecule has 0 unspecified atom stereocenters. The summed E-state index contributed by atoms with van der Waals surface area (Å²) < 4.78 is 4.76. The van der Waals surface area contributed by atoms with Gasteiger partial charge in [-0.1, -0.05) is 42.5 Å². The van der Waals surface area contributed by atoms with Gasteiger partial charge in [-0.05, 0) is 29.3 Å². The van der Waals surface area contributed by atoms with Crippen LogP contribution < -0.4 is 5.56 Å². The molecule has 1 N–H and O–H groups in total. The maximum absolute atomic E-state index is 12.2. The topological polar surface area (TPSA) is 59.2 Å². The largest absolute Gasteiger partial charge is 0.465 e. The van der Waals surface area contributed by atoms with Gasteiger partial charge in [0.2, 0.25) is 0 Å². The summed E-state index contributed by atoms with van der Waals surface area (Å²) in [5.41, 5.74) is 2.30. The zero-order valence-electron chi connectivity index (χ0n) is 13.1. The number of fused-ring (bicyclic) bond motifs is 1. The molecule has 0 fully saturated rings. The number of ether oxygens (including phenoxy) is 1. The first kappa shape index (κ1) is 15.0. The van der Waals surface area contributed by atoms with Crippen LogP contribution in [0, 0.1) is 6.92 Å². The predicted octanol–water partition coefficient (Wildman–Crippen LogP) is 3.21. The van der Waals surface area contributed by atoms with E-state index in [-0.39, 0.29) is 5.56 Å². The van der Waals surface area contributed by atoms with Gasteiger partial charge in [0.15, 0.2) is 0 Å². The van der Waals surface area contributed by atoms with E-state index < -0.39 is 5.97 Å². The number of nitrogens with one attached hydrogen (secondary N) is 1. The summed E-state index contributed by atoms with van der Waals surface area (Å²) in [6.07, 6.45) is 0.463. The Morgan fingerprint density at radius 3 is 2.57 bits per heavy atom. The molecule has 2 aromatic carbocycles. The Balaban J connectivity index is 2.01. The number of pyridine rings is 1. The molecule has 4 nitrogen and oxygen atoms in total. The van der Waals surface area contributed by atoms with Crippen molar-refractivity contribution in [3.05, 3.63) is 81.3 Å². The molecule has 3 aromatic rings. The SMILES string of the molecule is COC(=O)c1cc(Cc2ccc3ccccc3c2)c(=O)[nH]c1C. The number of rotatable bonds is 3. The Hall–Kier alpha value is -2.88. The van der Waals surface area contributed by atoms with E-state index in [2.05, 4.69) is 11.1 Å². The lowest BCUT2D eigenvalue weighted by Crippen LogP contribution is -2.18. The van der Waals surface area contributed by atoms with Gasteiger partial charge in [0, 0.05) is 17.7 Å². The van der Waals surface area contributed by atoms with Crippen LogP contribution in [-0.4, -0.2) is 18.1 Å². The zero-order chi connectivity index (χ0) is 16.4. The Labute approximate surface area is 133 Å². The normalized spacial score (nSPS) is 10.7. The van der Waals surface area contributed by atoms with Crippen molar-refractivity contribution in [3.63, 3.8) is 0 Å². The van der Waals surface area contributed by atoms with Gasteiger partial charge in [0.1, 0.15) is 0 Å². The number of carbonyl (C=O) groups excluding carboxylic acids is 1. The molecule has 0 spiro atoms.